The molecule has 3 heterocycles. The van der Waals surface area contributed by atoms with Crippen molar-refractivity contribution >= 4 is 41.5 Å². The number of hydrogen-bond donors (Lipinski definition) is 1. The van der Waals surface area contributed by atoms with Crippen molar-refractivity contribution in [1.82, 2.24) is 19.6 Å². The topological polar surface area (TPSA) is 80.1 Å². The number of nitrogens with zero attached hydrogens (tertiary/aromatic N) is 3. The maximum Gasteiger partial charge on any atom is 0.273 e. The number of aldehydes is 1. The van der Waals surface area contributed by atoms with Crippen molar-refractivity contribution < 1.29 is 13.6 Å². The summed E-state index contributed by atoms with van der Waals surface area (Å²) in [5.74, 6) is -1.45. The fourth-order valence-electron chi connectivity index (χ4n) is 2.94. The first-order valence-electron chi connectivity index (χ1n) is 7.97. The Morgan fingerprint density at radius 1 is 1.14 bits per heavy atom. The Hall–Kier alpha value is -2.68. The third kappa shape index (κ3) is 3.42. The Balaban J connectivity index is 0.00000225. The number of H-pyrrole nitrogens is 1. The minimum Gasteiger partial charge on any atom is -0.296 e. The first kappa shape index (κ1) is 20.1. The summed E-state index contributed by atoms with van der Waals surface area (Å²) in [4.78, 5) is 31.7. The van der Waals surface area contributed by atoms with Gasteiger partial charge in [0.05, 0.1) is 5.69 Å². The van der Waals surface area contributed by atoms with Gasteiger partial charge in [-0.2, -0.15) is 0 Å². The van der Waals surface area contributed by atoms with Crippen molar-refractivity contribution in [1.29, 1.82) is 0 Å². The standard InChI is InChI=1S/C19H12F2N4O2.Na/c1-10-18(14-5-3-12(20)6-15(14)21)19-23-16(7-17(27)25(19)24-10)11-2-4-13(9-26)22-8-11;/h2-9,24H,1H3;. The van der Waals surface area contributed by atoms with E-state index in [2.05, 4.69) is 15.1 Å². The van der Waals surface area contributed by atoms with Gasteiger partial charge in [0.15, 0.2) is 11.9 Å². The number of halogens is 2. The van der Waals surface area contributed by atoms with Gasteiger partial charge in [-0.05, 0) is 31.2 Å². The zero-order chi connectivity index (χ0) is 19.1. The smallest absolute Gasteiger partial charge is 0.273 e. The Labute approximate surface area is 179 Å². The van der Waals surface area contributed by atoms with Gasteiger partial charge in [0.1, 0.15) is 17.3 Å². The maximum atomic E-state index is 14.3. The summed E-state index contributed by atoms with van der Waals surface area (Å²) < 4.78 is 28.8. The molecule has 0 amide bonds. The summed E-state index contributed by atoms with van der Waals surface area (Å²) in [5, 5.41) is 2.85. The van der Waals surface area contributed by atoms with Crippen LogP contribution in [-0.2, 0) is 0 Å². The molecule has 1 N–H and O–H groups in total. The molecule has 0 aliphatic carbocycles. The van der Waals surface area contributed by atoms with Gasteiger partial charge in [0.2, 0.25) is 0 Å². The molecule has 28 heavy (non-hydrogen) atoms. The second kappa shape index (κ2) is 7.75. The van der Waals surface area contributed by atoms with E-state index in [0.29, 0.717) is 28.8 Å². The molecule has 135 valence electrons. The van der Waals surface area contributed by atoms with Crippen LogP contribution in [-0.4, -0.2) is 55.4 Å². The van der Waals surface area contributed by atoms with Gasteiger partial charge < -0.3 is 0 Å². The molecule has 4 aromatic rings. The van der Waals surface area contributed by atoms with E-state index in [9.17, 15) is 18.4 Å². The monoisotopic (exact) mass is 389 g/mol. The Kier molecular flexibility index (Phi) is 5.55. The third-order valence-corrected chi connectivity index (χ3v) is 4.20. The molecule has 9 heteroatoms. The van der Waals surface area contributed by atoms with E-state index in [0.717, 1.165) is 12.1 Å². The molecule has 1 radical (unpaired) electrons. The molecule has 4 rings (SSSR count). The van der Waals surface area contributed by atoms with E-state index in [4.69, 9.17) is 0 Å². The number of carbonyl (C=O) groups excluding carboxylic acids is 1. The predicted molar refractivity (Wildman–Crippen MR) is 100 cm³/mol. The normalized spacial score (nSPS) is 10.7. The van der Waals surface area contributed by atoms with Crippen LogP contribution in [0, 0.1) is 18.6 Å². The van der Waals surface area contributed by atoms with Crippen LogP contribution in [0.3, 0.4) is 0 Å². The quantitative estimate of drug-likeness (QED) is 0.432. The molecular formula is C19H12F2N4NaO2. The molecule has 0 bridgehead atoms. The molecule has 0 aliphatic heterocycles. The minimum atomic E-state index is -0.753. The first-order chi connectivity index (χ1) is 13.0. The van der Waals surface area contributed by atoms with Gasteiger partial charge in [0.25, 0.3) is 5.56 Å². The summed E-state index contributed by atoms with van der Waals surface area (Å²) >= 11 is 0. The van der Waals surface area contributed by atoms with Gasteiger partial charge in [-0.25, -0.2) is 18.3 Å². The fraction of sp³-hybridized carbons (Fsp3) is 0.0526. The van der Waals surface area contributed by atoms with Gasteiger partial charge in [-0.3, -0.25) is 19.7 Å². The largest absolute Gasteiger partial charge is 0.296 e. The van der Waals surface area contributed by atoms with Crippen molar-refractivity contribution in [3.05, 3.63) is 76.0 Å². The third-order valence-electron chi connectivity index (χ3n) is 4.20. The Morgan fingerprint density at radius 3 is 2.57 bits per heavy atom. The second-order valence-corrected chi connectivity index (χ2v) is 5.96. The number of rotatable bonds is 3. The number of aromatic nitrogens is 4. The minimum absolute atomic E-state index is 0. The zero-order valence-corrected chi connectivity index (χ0v) is 17.0. The predicted octanol–water partition coefficient (Wildman–Crippen LogP) is 2.77. The SMILES string of the molecule is Cc1[nH]n2c(=O)cc(-c3ccc(C=O)nc3)nc2c1-c1ccc(F)cc1F.[Na]. The Morgan fingerprint density at radius 2 is 1.93 bits per heavy atom. The zero-order valence-electron chi connectivity index (χ0n) is 15.0. The van der Waals surface area contributed by atoms with Gasteiger partial charge in [-0.15, -0.1) is 0 Å². The number of aromatic amines is 1. The molecule has 0 fully saturated rings. The molecule has 0 unspecified atom stereocenters. The van der Waals surface area contributed by atoms with E-state index in [1.165, 1.54) is 28.9 Å². The van der Waals surface area contributed by atoms with Crippen LogP contribution in [0.4, 0.5) is 8.78 Å². The van der Waals surface area contributed by atoms with Crippen molar-refractivity contribution in [2.75, 3.05) is 0 Å². The van der Waals surface area contributed by atoms with Crippen LogP contribution < -0.4 is 5.56 Å². The number of fused-ring (bicyclic) bond motifs is 1. The average molecular weight is 389 g/mol. The second-order valence-electron chi connectivity index (χ2n) is 5.96. The van der Waals surface area contributed by atoms with Crippen molar-refractivity contribution in [3.63, 3.8) is 0 Å². The number of nitrogens with one attached hydrogen (secondary N) is 1. The van der Waals surface area contributed by atoms with Crippen molar-refractivity contribution in [2.45, 2.75) is 6.92 Å². The van der Waals surface area contributed by atoms with Crippen LogP contribution in [0.1, 0.15) is 16.2 Å². The van der Waals surface area contributed by atoms with Crippen LogP contribution >= 0.6 is 0 Å². The number of hydrogen-bond acceptors (Lipinski definition) is 4. The van der Waals surface area contributed by atoms with E-state index >= 15 is 0 Å². The van der Waals surface area contributed by atoms with Crippen LogP contribution in [0.5, 0.6) is 0 Å². The molecule has 6 nitrogen and oxygen atoms in total. The number of aryl methyl sites for hydroxylation is 1. The van der Waals surface area contributed by atoms with Gasteiger partial charge in [-0.1, -0.05) is 0 Å². The van der Waals surface area contributed by atoms with Gasteiger partial charge in [0, 0.05) is 70.3 Å². The summed E-state index contributed by atoms with van der Waals surface area (Å²) in [5.41, 5.74) is 1.93. The van der Waals surface area contributed by atoms with Crippen LogP contribution in [0.15, 0.2) is 47.4 Å². The maximum absolute atomic E-state index is 14.3. The summed E-state index contributed by atoms with van der Waals surface area (Å²) in [7, 11) is 0. The van der Waals surface area contributed by atoms with E-state index < -0.39 is 17.2 Å². The molecule has 0 saturated heterocycles. The number of benzene rings is 1. The number of carbonyl (C=O) groups is 1. The summed E-state index contributed by atoms with van der Waals surface area (Å²) in [6.45, 7) is 1.67. The molecule has 0 saturated carbocycles. The Bertz CT molecular complexity index is 1250. The van der Waals surface area contributed by atoms with E-state index in [-0.39, 0.29) is 46.5 Å². The molecule has 1 aromatic carbocycles. The van der Waals surface area contributed by atoms with Crippen molar-refractivity contribution in [2.24, 2.45) is 0 Å². The van der Waals surface area contributed by atoms with Gasteiger partial charge >= 0.3 is 0 Å². The van der Waals surface area contributed by atoms with Crippen LogP contribution in [0.25, 0.3) is 28.0 Å². The first-order valence-corrected chi connectivity index (χ1v) is 7.97. The molecule has 0 spiro atoms. The summed E-state index contributed by atoms with van der Waals surface area (Å²) in [6, 6.07) is 7.67. The molecule has 0 atom stereocenters. The molecule has 3 aromatic heterocycles. The average Bonchev–Trinajstić information content (AvgIpc) is 2.98. The fourth-order valence-corrected chi connectivity index (χ4v) is 2.94. The molecular weight excluding hydrogens is 377 g/mol. The summed E-state index contributed by atoms with van der Waals surface area (Å²) in [6.07, 6.45) is 2.04. The number of pyridine rings is 1. The van der Waals surface area contributed by atoms with Crippen molar-refractivity contribution in [3.8, 4) is 22.4 Å². The van der Waals surface area contributed by atoms with E-state index in [1.807, 2.05) is 0 Å². The van der Waals surface area contributed by atoms with E-state index in [1.54, 1.807) is 13.0 Å². The van der Waals surface area contributed by atoms with Crippen LogP contribution in [0.2, 0.25) is 0 Å². The molecule has 0 aliphatic rings.